The van der Waals surface area contributed by atoms with Crippen molar-refractivity contribution >= 4 is 11.8 Å². The van der Waals surface area contributed by atoms with E-state index in [-0.39, 0.29) is 24.2 Å². The number of aromatic nitrogens is 3. The maximum absolute atomic E-state index is 13.6. The Hall–Kier alpha value is -4.33. The SMILES string of the molecule is O=C(CCc1nc(-c2ccncc2)no1)N1CCN(C(=O)C(c2ccccc2)c2ccccc2)CC1. The first kappa shape index (κ1) is 23.4. The smallest absolute Gasteiger partial charge is 0.234 e. The fourth-order valence-electron chi connectivity index (χ4n) is 4.47. The molecule has 0 radical (unpaired) electrons. The fraction of sp³-hybridized carbons (Fsp3) is 0.250. The number of pyridine rings is 1. The van der Waals surface area contributed by atoms with Gasteiger partial charge in [0.2, 0.25) is 23.5 Å². The van der Waals surface area contributed by atoms with Crippen LogP contribution in [-0.2, 0) is 16.0 Å². The molecule has 0 atom stereocenters. The Kier molecular flexibility index (Phi) is 7.12. The summed E-state index contributed by atoms with van der Waals surface area (Å²) in [6, 6.07) is 23.3. The van der Waals surface area contributed by atoms with Crippen molar-refractivity contribution in [1.82, 2.24) is 24.9 Å². The van der Waals surface area contributed by atoms with Crippen molar-refractivity contribution < 1.29 is 14.1 Å². The van der Waals surface area contributed by atoms with Gasteiger partial charge < -0.3 is 14.3 Å². The van der Waals surface area contributed by atoms with Gasteiger partial charge in [0.1, 0.15) is 0 Å². The summed E-state index contributed by atoms with van der Waals surface area (Å²) < 4.78 is 5.31. The first-order chi connectivity index (χ1) is 17.7. The summed E-state index contributed by atoms with van der Waals surface area (Å²) in [7, 11) is 0. The van der Waals surface area contributed by atoms with Crippen molar-refractivity contribution in [2.75, 3.05) is 26.2 Å². The summed E-state index contributed by atoms with van der Waals surface area (Å²) in [4.78, 5) is 38.5. The van der Waals surface area contributed by atoms with Gasteiger partial charge in [-0.25, -0.2) is 0 Å². The molecule has 8 heteroatoms. The van der Waals surface area contributed by atoms with Crippen LogP contribution in [0, 0.1) is 0 Å². The van der Waals surface area contributed by atoms with Crippen LogP contribution in [0.15, 0.2) is 89.7 Å². The number of carbonyl (C=O) groups excluding carboxylic acids is 2. The van der Waals surface area contributed by atoms with Crippen LogP contribution in [-0.4, -0.2) is 62.9 Å². The van der Waals surface area contributed by atoms with Crippen molar-refractivity contribution in [2.45, 2.75) is 18.8 Å². The Balaban J connectivity index is 1.17. The molecule has 0 spiro atoms. The van der Waals surface area contributed by atoms with E-state index in [1.807, 2.05) is 70.5 Å². The zero-order valence-corrected chi connectivity index (χ0v) is 19.9. The number of hydrogen-bond donors (Lipinski definition) is 0. The molecule has 3 heterocycles. The van der Waals surface area contributed by atoms with Gasteiger partial charge in [-0.3, -0.25) is 14.6 Å². The molecule has 5 rings (SSSR count). The summed E-state index contributed by atoms with van der Waals surface area (Å²) in [6.07, 6.45) is 3.99. The number of aryl methyl sites for hydroxylation is 1. The van der Waals surface area contributed by atoms with E-state index in [1.54, 1.807) is 24.5 Å². The third-order valence-electron chi connectivity index (χ3n) is 6.42. The van der Waals surface area contributed by atoms with Gasteiger partial charge in [0.25, 0.3) is 0 Å². The molecule has 2 aromatic heterocycles. The van der Waals surface area contributed by atoms with E-state index in [4.69, 9.17) is 4.52 Å². The van der Waals surface area contributed by atoms with Crippen LogP contribution in [0.4, 0.5) is 0 Å². The number of amides is 2. The number of benzene rings is 2. The highest BCUT2D eigenvalue weighted by Crippen LogP contribution is 2.27. The Bertz CT molecular complexity index is 1250. The lowest BCUT2D eigenvalue weighted by atomic mass is 9.90. The predicted molar refractivity (Wildman–Crippen MR) is 134 cm³/mol. The van der Waals surface area contributed by atoms with Gasteiger partial charge in [0.05, 0.1) is 5.92 Å². The highest BCUT2D eigenvalue weighted by atomic mass is 16.5. The standard InChI is InChI=1S/C28H27N5O3/c34-25(12-11-24-30-27(31-36-24)23-13-15-29-16-14-23)32-17-19-33(20-18-32)28(35)26(21-7-3-1-4-8-21)22-9-5-2-6-10-22/h1-10,13-16,26H,11-12,17-20H2. The molecule has 0 unspecified atom stereocenters. The van der Waals surface area contributed by atoms with E-state index in [0.717, 1.165) is 16.7 Å². The Labute approximate surface area is 209 Å². The predicted octanol–water partition coefficient (Wildman–Crippen LogP) is 3.57. The molecule has 0 aliphatic carbocycles. The van der Waals surface area contributed by atoms with E-state index in [2.05, 4.69) is 15.1 Å². The minimum absolute atomic E-state index is 0.0217. The molecule has 2 amide bonds. The average molecular weight is 482 g/mol. The van der Waals surface area contributed by atoms with Crippen LogP contribution in [0.1, 0.15) is 29.4 Å². The number of nitrogens with zero attached hydrogens (tertiary/aromatic N) is 5. The van der Waals surface area contributed by atoms with E-state index in [0.29, 0.717) is 44.3 Å². The average Bonchev–Trinajstić information content (AvgIpc) is 3.43. The van der Waals surface area contributed by atoms with Crippen molar-refractivity contribution in [3.05, 3.63) is 102 Å². The number of carbonyl (C=O) groups is 2. The molecule has 0 bridgehead atoms. The summed E-state index contributed by atoms with van der Waals surface area (Å²) in [6.45, 7) is 2.03. The van der Waals surface area contributed by atoms with Crippen molar-refractivity contribution in [2.24, 2.45) is 0 Å². The molecule has 0 saturated carbocycles. The molecule has 1 aliphatic rings. The maximum atomic E-state index is 13.6. The zero-order chi connectivity index (χ0) is 24.7. The molecule has 1 fully saturated rings. The van der Waals surface area contributed by atoms with Crippen molar-refractivity contribution in [3.8, 4) is 11.4 Å². The molecule has 4 aromatic rings. The lowest BCUT2D eigenvalue weighted by molar-refractivity contribution is -0.140. The topological polar surface area (TPSA) is 92.4 Å². The monoisotopic (exact) mass is 481 g/mol. The zero-order valence-electron chi connectivity index (χ0n) is 19.9. The van der Waals surface area contributed by atoms with Crippen molar-refractivity contribution in [1.29, 1.82) is 0 Å². The third kappa shape index (κ3) is 5.33. The summed E-state index contributed by atoms with van der Waals surface area (Å²) >= 11 is 0. The first-order valence-corrected chi connectivity index (χ1v) is 12.1. The van der Waals surface area contributed by atoms with Crippen molar-refractivity contribution in [3.63, 3.8) is 0 Å². The van der Waals surface area contributed by atoms with Crippen LogP contribution in [0.25, 0.3) is 11.4 Å². The number of rotatable bonds is 7. The molecule has 182 valence electrons. The van der Waals surface area contributed by atoms with Gasteiger partial charge in [0, 0.05) is 57.0 Å². The van der Waals surface area contributed by atoms with E-state index in [1.165, 1.54) is 0 Å². The second-order valence-electron chi connectivity index (χ2n) is 8.71. The molecule has 36 heavy (non-hydrogen) atoms. The molecule has 1 saturated heterocycles. The van der Waals surface area contributed by atoms with Crippen LogP contribution < -0.4 is 0 Å². The maximum Gasteiger partial charge on any atom is 0.234 e. The normalized spacial score (nSPS) is 13.7. The minimum Gasteiger partial charge on any atom is -0.339 e. The van der Waals surface area contributed by atoms with Crippen LogP contribution in [0.3, 0.4) is 0 Å². The second-order valence-corrected chi connectivity index (χ2v) is 8.71. The number of piperazine rings is 1. The van der Waals surface area contributed by atoms with Gasteiger partial charge in [0.15, 0.2) is 0 Å². The summed E-state index contributed by atoms with van der Waals surface area (Å²) in [5.41, 5.74) is 2.76. The third-order valence-corrected chi connectivity index (χ3v) is 6.42. The fourth-order valence-corrected chi connectivity index (χ4v) is 4.47. The summed E-state index contributed by atoms with van der Waals surface area (Å²) in [5, 5.41) is 3.99. The highest BCUT2D eigenvalue weighted by molar-refractivity contribution is 5.87. The van der Waals surface area contributed by atoms with Gasteiger partial charge in [-0.1, -0.05) is 65.8 Å². The highest BCUT2D eigenvalue weighted by Gasteiger charge is 2.30. The lowest BCUT2D eigenvalue weighted by Crippen LogP contribution is -2.51. The summed E-state index contributed by atoms with van der Waals surface area (Å²) in [5.74, 6) is 0.639. The molecule has 8 nitrogen and oxygen atoms in total. The van der Waals surface area contributed by atoms with Gasteiger partial charge in [-0.15, -0.1) is 0 Å². The van der Waals surface area contributed by atoms with E-state index in [9.17, 15) is 9.59 Å². The molecule has 2 aromatic carbocycles. The molecular formula is C28H27N5O3. The lowest BCUT2D eigenvalue weighted by Gasteiger charge is -2.36. The molecule has 0 N–H and O–H groups in total. The Morgan fingerprint density at radius 1 is 0.806 bits per heavy atom. The molecule has 1 aliphatic heterocycles. The molecular weight excluding hydrogens is 454 g/mol. The Morgan fingerprint density at radius 3 is 2.00 bits per heavy atom. The van der Waals surface area contributed by atoms with Gasteiger partial charge in [-0.05, 0) is 23.3 Å². The van der Waals surface area contributed by atoms with E-state index < -0.39 is 0 Å². The number of hydrogen-bond acceptors (Lipinski definition) is 6. The Morgan fingerprint density at radius 2 is 1.39 bits per heavy atom. The van der Waals surface area contributed by atoms with E-state index >= 15 is 0 Å². The van der Waals surface area contributed by atoms with Gasteiger partial charge >= 0.3 is 0 Å². The quantitative estimate of drug-likeness (QED) is 0.401. The second kappa shape index (κ2) is 10.9. The van der Waals surface area contributed by atoms with Gasteiger partial charge in [-0.2, -0.15) is 4.98 Å². The van der Waals surface area contributed by atoms with Crippen LogP contribution in [0.2, 0.25) is 0 Å². The van der Waals surface area contributed by atoms with Crippen LogP contribution in [0.5, 0.6) is 0 Å². The largest absolute Gasteiger partial charge is 0.339 e. The van der Waals surface area contributed by atoms with Crippen LogP contribution >= 0.6 is 0 Å². The first-order valence-electron chi connectivity index (χ1n) is 12.1. The minimum atomic E-state index is -0.359.